The molecule has 1 aliphatic rings. The Morgan fingerprint density at radius 1 is 1.22 bits per heavy atom. The van der Waals surface area contributed by atoms with Gasteiger partial charge in [-0.25, -0.2) is 0 Å². The Morgan fingerprint density at radius 3 is 2.59 bits per heavy atom. The van der Waals surface area contributed by atoms with Gasteiger partial charge in [0.25, 0.3) is 0 Å². The molecule has 0 saturated heterocycles. The van der Waals surface area contributed by atoms with Gasteiger partial charge in [0.05, 0.1) is 0 Å². The van der Waals surface area contributed by atoms with E-state index >= 15 is 0 Å². The number of hydrogen-bond donors (Lipinski definition) is 2. The summed E-state index contributed by atoms with van der Waals surface area (Å²) < 4.78 is 6.05. The Labute approximate surface area is 166 Å². The van der Waals surface area contributed by atoms with Gasteiger partial charge < -0.3 is 15.6 Å². The van der Waals surface area contributed by atoms with Crippen molar-refractivity contribution in [1.29, 1.82) is 0 Å². The molecule has 0 amide bonds. The minimum atomic E-state index is 0.166. The molecule has 0 heterocycles. The number of unbranched alkanes of at least 4 members (excludes halogenated alkanes) is 2. The zero-order chi connectivity index (χ0) is 20.0. The van der Waals surface area contributed by atoms with Crippen molar-refractivity contribution in [2.75, 3.05) is 13.2 Å². The zero-order valence-electron chi connectivity index (χ0n) is 18.0. The fraction of sp³-hybridized carbons (Fsp3) is 0.667. The number of aryl methyl sites for hydroxylation is 1. The molecule has 0 spiro atoms. The lowest BCUT2D eigenvalue weighted by Gasteiger charge is -2.40. The van der Waals surface area contributed by atoms with Crippen molar-refractivity contribution < 1.29 is 9.84 Å². The Morgan fingerprint density at radius 2 is 1.96 bits per heavy atom. The van der Waals surface area contributed by atoms with E-state index in [1.165, 1.54) is 18.4 Å². The molecule has 1 aromatic rings. The van der Waals surface area contributed by atoms with Crippen molar-refractivity contribution in [1.82, 2.24) is 0 Å². The second-order valence-electron chi connectivity index (χ2n) is 9.17. The first-order chi connectivity index (χ1) is 12.8. The molecule has 3 N–H and O–H groups in total. The Kier molecular flexibility index (Phi) is 7.79. The predicted molar refractivity (Wildman–Crippen MR) is 115 cm³/mol. The first-order valence-electron chi connectivity index (χ1n) is 10.6. The van der Waals surface area contributed by atoms with Gasteiger partial charge in [-0.1, -0.05) is 52.2 Å². The maximum Gasteiger partial charge on any atom is 0.127 e. The maximum absolute atomic E-state index is 11.0. The Hall–Kier alpha value is -1.48. The van der Waals surface area contributed by atoms with E-state index in [9.17, 15) is 5.11 Å². The molecule has 0 fully saturated rings. The number of hydrogen-bond acceptors (Lipinski definition) is 3. The molecule has 0 aliphatic heterocycles. The number of rotatable bonds is 8. The number of phenols is 1. The van der Waals surface area contributed by atoms with Crippen molar-refractivity contribution in [2.45, 2.75) is 79.1 Å². The molecule has 0 radical (unpaired) electrons. The quantitative estimate of drug-likeness (QED) is 0.437. The normalized spacial score (nSPS) is 20.4. The molecular formula is C24H39NO2. The third-order valence-electron chi connectivity index (χ3n) is 5.82. The molecule has 0 aromatic heterocycles. The lowest BCUT2D eigenvalue weighted by molar-refractivity contribution is 0.193. The fourth-order valence-electron chi connectivity index (χ4n) is 4.34. The van der Waals surface area contributed by atoms with Gasteiger partial charge in [-0.3, -0.25) is 0 Å². The summed E-state index contributed by atoms with van der Waals surface area (Å²) in [7, 11) is 0. The van der Waals surface area contributed by atoms with Gasteiger partial charge in [-0.15, -0.1) is 0 Å². The minimum absolute atomic E-state index is 0.166. The van der Waals surface area contributed by atoms with Crippen molar-refractivity contribution in [3.8, 4) is 11.5 Å². The average molecular weight is 374 g/mol. The van der Waals surface area contributed by atoms with Crippen LogP contribution in [0.1, 0.15) is 83.8 Å². The van der Waals surface area contributed by atoms with Gasteiger partial charge in [-0.05, 0) is 61.6 Å². The molecule has 2 rings (SSSR count). The number of benzene rings is 1. The highest BCUT2D eigenvalue weighted by Gasteiger charge is 2.36. The van der Waals surface area contributed by atoms with Gasteiger partial charge in [0, 0.05) is 18.0 Å². The molecule has 3 heteroatoms. The summed E-state index contributed by atoms with van der Waals surface area (Å²) in [6.07, 6.45) is 9.14. The summed E-state index contributed by atoms with van der Waals surface area (Å²) in [5.74, 6) is 1.84. The van der Waals surface area contributed by atoms with E-state index in [0.29, 0.717) is 24.8 Å². The van der Waals surface area contributed by atoms with Gasteiger partial charge in [0.1, 0.15) is 18.1 Å². The number of allylic oxidation sites excluding steroid dienone is 2. The van der Waals surface area contributed by atoms with E-state index < -0.39 is 0 Å². The van der Waals surface area contributed by atoms with Crippen molar-refractivity contribution in [2.24, 2.45) is 17.1 Å². The minimum Gasteiger partial charge on any atom is -0.507 e. The highest BCUT2D eigenvalue weighted by atomic mass is 16.5. The summed E-state index contributed by atoms with van der Waals surface area (Å²) in [5, 5.41) is 11.0. The van der Waals surface area contributed by atoms with Crippen LogP contribution in [0.15, 0.2) is 23.8 Å². The van der Waals surface area contributed by atoms with Gasteiger partial charge in [0.2, 0.25) is 0 Å². The van der Waals surface area contributed by atoms with Gasteiger partial charge in [-0.2, -0.15) is 0 Å². The average Bonchev–Trinajstić information content (AvgIpc) is 2.58. The number of aromatic hydroxyl groups is 1. The first kappa shape index (κ1) is 21.8. The summed E-state index contributed by atoms with van der Waals surface area (Å²) in [6.45, 7) is 12.3. The maximum atomic E-state index is 11.0. The standard InChI is InChI=1S/C24H39NO2/c1-6-7-8-9-18-15-21(26)23(22(16-18)27-13-12-25)19-14-17(2)10-11-20(19)24(3,4)5/h14-16,19-20,26H,6-13,25H2,1-5H3/t19?,20-/m1/s1. The van der Waals surface area contributed by atoms with Crippen LogP contribution in [0.25, 0.3) is 0 Å². The summed E-state index contributed by atoms with van der Waals surface area (Å²) in [4.78, 5) is 0. The monoisotopic (exact) mass is 373 g/mol. The molecule has 27 heavy (non-hydrogen) atoms. The fourth-order valence-corrected chi connectivity index (χ4v) is 4.34. The predicted octanol–water partition coefficient (Wildman–Crippen LogP) is 5.95. The van der Waals surface area contributed by atoms with Crippen molar-refractivity contribution in [3.05, 3.63) is 34.9 Å². The summed E-state index contributed by atoms with van der Waals surface area (Å²) in [5.41, 5.74) is 9.36. The van der Waals surface area contributed by atoms with E-state index in [2.05, 4.69) is 46.8 Å². The van der Waals surface area contributed by atoms with Crippen molar-refractivity contribution >= 4 is 0 Å². The van der Waals surface area contributed by atoms with Crippen LogP contribution in [-0.2, 0) is 6.42 Å². The lowest BCUT2D eigenvalue weighted by atomic mass is 9.65. The Bertz CT molecular complexity index is 643. The zero-order valence-corrected chi connectivity index (χ0v) is 18.0. The second-order valence-corrected chi connectivity index (χ2v) is 9.17. The summed E-state index contributed by atoms with van der Waals surface area (Å²) in [6, 6.07) is 4.09. The van der Waals surface area contributed by atoms with Crippen LogP contribution in [0.2, 0.25) is 0 Å². The van der Waals surface area contributed by atoms with Gasteiger partial charge in [0.15, 0.2) is 0 Å². The number of phenolic OH excluding ortho intramolecular Hbond substituents is 1. The Balaban J connectivity index is 2.46. The molecule has 1 aromatic carbocycles. The molecule has 152 valence electrons. The van der Waals surface area contributed by atoms with Crippen molar-refractivity contribution in [3.63, 3.8) is 0 Å². The molecule has 0 saturated carbocycles. The van der Waals surface area contributed by atoms with Crippen LogP contribution in [0.4, 0.5) is 0 Å². The SMILES string of the molecule is CCCCCc1cc(O)c(C2C=C(C)CC[C@H]2C(C)(C)C)c(OCCN)c1. The van der Waals surface area contributed by atoms with Crippen LogP contribution >= 0.6 is 0 Å². The van der Waals surface area contributed by atoms with E-state index in [-0.39, 0.29) is 11.3 Å². The van der Waals surface area contributed by atoms with Gasteiger partial charge >= 0.3 is 0 Å². The summed E-state index contributed by atoms with van der Waals surface area (Å²) >= 11 is 0. The van der Waals surface area contributed by atoms with Crippen LogP contribution < -0.4 is 10.5 Å². The molecule has 0 bridgehead atoms. The van der Waals surface area contributed by atoms with E-state index in [4.69, 9.17) is 10.5 Å². The molecule has 2 atom stereocenters. The van der Waals surface area contributed by atoms with Crippen LogP contribution in [0.5, 0.6) is 11.5 Å². The lowest BCUT2D eigenvalue weighted by Crippen LogP contribution is -2.29. The topological polar surface area (TPSA) is 55.5 Å². The van der Waals surface area contributed by atoms with Crippen LogP contribution in [0.3, 0.4) is 0 Å². The molecule has 3 nitrogen and oxygen atoms in total. The highest BCUT2D eigenvalue weighted by Crippen LogP contribution is 2.50. The third kappa shape index (κ3) is 5.75. The van der Waals surface area contributed by atoms with E-state index in [1.54, 1.807) is 0 Å². The van der Waals surface area contributed by atoms with E-state index in [0.717, 1.165) is 42.6 Å². The molecule has 1 unspecified atom stereocenters. The second kappa shape index (κ2) is 9.64. The van der Waals surface area contributed by atoms with Crippen LogP contribution in [-0.4, -0.2) is 18.3 Å². The third-order valence-corrected chi connectivity index (χ3v) is 5.82. The largest absolute Gasteiger partial charge is 0.507 e. The highest BCUT2D eigenvalue weighted by molar-refractivity contribution is 5.52. The van der Waals surface area contributed by atoms with E-state index in [1.807, 2.05) is 6.07 Å². The molecular weight excluding hydrogens is 334 g/mol. The smallest absolute Gasteiger partial charge is 0.127 e. The van der Waals surface area contributed by atoms with Crippen LogP contribution in [0, 0.1) is 11.3 Å². The molecule has 1 aliphatic carbocycles. The number of ether oxygens (including phenoxy) is 1. The first-order valence-corrected chi connectivity index (χ1v) is 10.6. The number of nitrogens with two attached hydrogens (primary N) is 1.